The second kappa shape index (κ2) is 8.17. The molecule has 0 aliphatic carbocycles. The molecule has 5 heteroatoms. The summed E-state index contributed by atoms with van der Waals surface area (Å²) in [5.74, 6) is 0. The van der Waals surface area contributed by atoms with E-state index in [1.54, 1.807) is 60.7 Å². The number of aryl methyl sites for hydroxylation is 1. The van der Waals surface area contributed by atoms with Crippen LogP contribution in [0.25, 0.3) is 0 Å². The number of aliphatic hydroxyl groups is 1. The highest BCUT2D eigenvalue weighted by atomic mass is 19.4. The maximum atomic E-state index is 14.7. The van der Waals surface area contributed by atoms with Crippen molar-refractivity contribution in [1.29, 1.82) is 0 Å². The van der Waals surface area contributed by atoms with Crippen LogP contribution in [-0.4, -0.2) is 17.9 Å². The van der Waals surface area contributed by atoms with E-state index in [0.717, 1.165) is 5.56 Å². The maximum Gasteiger partial charge on any atom is 0.415 e. The van der Waals surface area contributed by atoms with Crippen molar-refractivity contribution in [3.63, 3.8) is 0 Å². The zero-order chi connectivity index (χ0) is 20.2. The number of aliphatic hydroxyl groups excluding tert-OH is 1. The molecule has 0 bridgehead atoms. The lowest BCUT2D eigenvalue weighted by Gasteiger charge is -2.40. The molecule has 0 saturated carbocycles. The molecule has 2 atom stereocenters. The highest BCUT2D eigenvalue weighted by molar-refractivity contribution is 5.42. The molecule has 0 aliphatic heterocycles. The summed E-state index contributed by atoms with van der Waals surface area (Å²) < 4.78 is 44.1. The molecular formula is C23H22F3NO. The molecule has 0 amide bonds. The lowest BCUT2D eigenvalue weighted by molar-refractivity contribution is -0.191. The zero-order valence-electron chi connectivity index (χ0n) is 15.4. The fourth-order valence-corrected chi connectivity index (χ4v) is 3.42. The molecule has 3 aromatic carbocycles. The van der Waals surface area contributed by atoms with Crippen molar-refractivity contribution in [3.05, 3.63) is 107 Å². The largest absolute Gasteiger partial charge is 0.415 e. The molecular weight excluding hydrogens is 363 g/mol. The van der Waals surface area contributed by atoms with Gasteiger partial charge in [-0.3, -0.25) is 5.32 Å². The average Bonchev–Trinajstić information content (AvgIpc) is 2.70. The van der Waals surface area contributed by atoms with Gasteiger partial charge in [-0.25, -0.2) is 0 Å². The van der Waals surface area contributed by atoms with E-state index in [-0.39, 0.29) is 11.1 Å². The predicted molar refractivity (Wildman–Crippen MR) is 104 cm³/mol. The molecule has 146 valence electrons. The van der Waals surface area contributed by atoms with Gasteiger partial charge in [0.2, 0.25) is 0 Å². The molecule has 3 aromatic rings. The quantitative estimate of drug-likeness (QED) is 0.617. The zero-order valence-corrected chi connectivity index (χ0v) is 15.4. The Morgan fingerprint density at radius 2 is 1.29 bits per heavy atom. The van der Waals surface area contributed by atoms with Crippen LogP contribution in [0.4, 0.5) is 13.2 Å². The fraction of sp³-hybridized carbons (Fsp3) is 0.217. The molecule has 0 saturated heterocycles. The first kappa shape index (κ1) is 20.1. The van der Waals surface area contributed by atoms with E-state index in [1.807, 2.05) is 6.92 Å². The summed E-state index contributed by atoms with van der Waals surface area (Å²) in [6.45, 7) is 1.36. The fourth-order valence-electron chi connectivity index (χ4n) is 3.42. The lowest BCUT2D eigenvalue weighted by atomic mass is 9.80. The van der Waals surface area contributed by atoms with Crippen molar-refractivity contribution in [3.8, 4) is 0 Å². The third-order valence-corrected chi connectivity index (χ3v) is 4.89. The van der Waals surface area contributed by atoms with E-state index in [2.05, 4.69) is 5.32 Å². The summed E-state index contributed by atoms with van der Waals surface area (Å²) in [5.41, 5.74) is -0.867. The van der Waals surface area contributed by atoms with Crippen molar-refractivity contribution < 1.29 is 18.3 Å². The van der Waals surface area contributed by atoms with Crippen LogP contribution in [0.3, 0.4) is 0 Å². The van der Waals surface area contributed by atoms with Crippen LogP contribution in [0.15, 0.2) is 84.9 Å². The van der Waals surface area contributed by atoms with E-state index in [9.17, 15) is 18.3 Å². The third kappa shape index (κ3) is 3.81. The average molecular weight is 385 g/mol. The molecule has 0 fully saturated rings. The van der Waals surface area contributed by atoms with E-state index < -0.39 is 24.4 Å². The number of hydrogen-bond donors (Lipinski definition) is 2. The Morgan fingerprint density at radius 3 is 1.79 bits per heavy atom. The van der Waals surface area contributed by atoms with Gasteiger partial charge < -0.3 is 5.11 Å². The molecule has 2 N–H and O–H groups in total. The van der Waals surface area contributed by atoms with Gasteiger partial charge in [-0.05, 0) is 23.6 Å². The van der Waals surface area contributed by atoms with Gasteiger partial charge in [0.1, 0.15) is 0 Å². The standard InChI is InChI=1S/C23H22F3NO/c1-17-12-14-20(15-13-17)22(23(24,25)26,19-10-6-3-7-11-19)27-21(16-28)18-8-4-2-5-9-18/h2-15,21,27-28H,16H2,1H3/t21-,22-/m0/s1. The molecule has 0 aliphatic rings. The van der Waals surface area contributed by atoms with Gasteiger partial charge in [0.05, 0.1) is 12.6 Å². The second-order valence-corrected chi connectivity index (χ2v) is 6.77. The van der Waals surface area contributed by atoms with Crippen LogP contribution < -0.4 is 5.32 Å². The second-order valence-electron chi connectivity index (χ2n) is 6.77. The van der Waals surface area contributed by atoms with Crippen LogP contribution in [0.5, 0.6) is 0 Å². The van der Waals surface area contributed by atoms with E-state index in [0.29, 0.717) is 5.56 Å². The van der Waals surface area contributed by atoms with Crippen molar-refractivity contribution in [2.45, 2.75) is 24.7 Å². The Morgan fingerprint density at radius 1 is 0.786 bits per heavy atom. The third-order valence-electron chi connectivity index (χ3n) is 4.89. The first-order chi connectivity index (χ1) is 13.4. The molecule has 2 nitrogen and oxygen atoms in total. The van der Waals surface area contributed by atoms with Gasteiger partial charge in [-0.15, -0.1) is 0 Å². The number of halogens is 3. The minimum Gasteiger partial charge on any atom is -0.394 e. The van der Waals surface area contributed by atoms with Crippen molar-refractivity contribution in [1.82, 2.24) is 5.32 Å². The van der Waals surface area contributed by atoms with Crippen molar-refractivity contribution >= 4 is 0 Å². The van der Waals surface area contributed by atoms with Crippen LogP contribution in [0.1, 0.15) is 28.3 Å². The van der Waals surface area contributed by atoms with Crippen molar-refractivity contribution in [2.75, 3.05) is 6.61 Å². The van der Waals surface area contributed by atoms with Crippen molar-refractivity contribution in [2.24, 2.45) is 0 Å². The van der Waals surface area contributed by atoms with Gasteiger partial charge in [0.15, 0.2) is 5.54 Å². The summed E-state index contributed by atoms with van der Waals surface area (Å²) in [7, 11) is 0. The Kier molecular flexibility index (Phi) is 5.87. The number of hydrogen-bond acceptors (Lipinski definition) is 2. The molecule has 28 heavy (non-hydrogen) atoms. The highest BCUT2D eigenvalue weighted by Crippen LogP contribution is 2.45. The van der Waals surface area contributed by atoms with Gasteiger partial charge in [0, 0.05) is 0 Å². The smallest absolute Gasteiger partial charge is 0.394 e. The van der Waals surface area contributed by atoms with Crippen LogP contribution in [-0.2, 0) is 5.54 Å². The SMILES string of the molecule is Cc1ccc([C@@](N[C@@H](CO)c2ccccc2)(c2ccccc2)C(F)(F)F)cc1. The van der Waals surface area contributed by atoms with E-state index >= 15 is 0 Å². The summed E-state index contributed by atoms with van der Waals surface area (Å²) in [6.07, 6.45) is -4.65. The molecule has 3 rings (SSSR count). The Hall–Kier alpha value is -2.63. The number of benzene rings is 3. The lowest BCUT2D eigenvalue weighted by Crippen LogP contribution is -2.56. The van der Waals surface area contributed by atoms with Gasteiger partial charge in [0.25, 0.3) is 0 Å². The van der Waals surface area contributed by atoms with E-state index in [1.165, 1.54) is 24.3 Å². The Labute approximate surface area is 162 Å². The first-order valence-electron chi connectivity index (χ1n) is 9.01. The Bertz CT molecular complexity index is 879. The normalized spacial score (nSPS) is 15.0. The van der Waals surface area contributed by atoms with Crippen LogP contribution in [0.2, 0.25) is 0 Å². The number of alkyl halides is 3. The number of nitrogens with one attached hydrogen (secondary N) is 1. The summed E-state index contributed by atoms with van der Waals surface area (Å²) in [4.78, 5) is 0. The molecule has 0 aromatic heterocycles. The molecule has 0 unspecified atom stereocenters. The van der Waals surface area contributed by atoms with Gasteiger partial charge in [-0.1, -0.05) is 90.5 Å². The number of rotatable bonds is 6. The topological polar surface area (TPSA) is 32.3 Å². The molecule has 0 spiro atoms. The molecule has 0 radical (unpaired) electrons. The highest BCUT2D eigenvalue weighted by Gasteiger charge is 2.58. The minimum atomic E-state index is -4.65. The first-order valence-corrected chi connectivity index (χ1v) is 9.01. The minimum absolute atomic E-state index is 0.0701. The summed E-state index contributed by atoms with van der Waals surface area (Å²) in [6, 6.07) is 21.8. The molecule has 0 heterocycles. The maximum absolute atomic E-state index is 14.7. The Balaban J connectivity index is 2.22. The summed E-state index contributed by atoms with van der Waals surface area (Å²) >= 11 is 0. The van der Waals surface area contributed by atoms with Gasteiger partial charge >= 0.3 is 6.18 Å². The van der Waals surface area contributed by atoms with Crippen LogP contribution in [0, 0.1) is 6.92 Å². The monoisotopic (exact) mass is 385 g/mol. The van der Waals surface area contributed by atoms with E-state index in [4.69, 9.17) is 0 Å². The van der Waals surface area contributed by atoms with Crippen LogP contribution >= 0.6 is 0 Å². The van der Waals surface area contributed by atoms with Gasteiger partial charge in [-0.2, -0.15) is 13.2 Å². The summed E-state index contributed by atoms with van der Waals surface area (Å²) in [5, 5.41) is 12.7. The predicted octanol–water partition coefficient (Wildman–Crippen LogP) is 5.12.